The topological polar surface area (TPSA) is 96.9 Å². The van der Waals surface area contributed by atoms with Gasteiger partial charge in [0.15, 0.2) is 5.65 Å². The van der Waals surface area contributed by atoms with E-state index >= 15 is 0 Å². The number of aromatic nitrogens is 3. The van der Waals surface area contributed by atoms with Gasteiger partial charge < -0.3 is 10.0 Å². The molecule has 2 aromatic rings. The number of aryl methyl sites for hydroxylation is 1. The van der Waals surface area contributed by atoms with E-state index in [0.29, 0.717) is 18.5 Å². The molecule has 0 bridgehead atoms. The number of carboxylic acids is 1. The van der Waals surface area contributed by atoms with Crippen LogP contribution in [0.5, 0.6) is 0 Å². The van der Waals surface area contributed by atoms with Crippen molar-refractivity contribution in [3.63, 3.8) is 0 Å². The summed E-state index contributed by atoms with van der Waals surface area (Å²) >= 11 is 0. The van der Waals surface area contributed by atoms with Crippen molar-refractivity contribution in [3.8, 4) is 0 Å². The van der Waals surface area contributed by atoms with E-state index in [1.807, 2.05) is 6.92 Å². The molecule has 2 unspecified atom stereocenters. The number of pyridine rings is 1. The van der Waals surface area contributed by atoms with E-state index in [2.05, 4.69) is 5.10 Å². The SMILES string of the molecule is CC1CCC(C(=O)O)CN1C(=O)CCn1nc2ccccn2c1=O. The lowest BCUT2D eigenvalue weighted by molar-refractivity contribution is -0.147. The zero-order valence-corrected chi connectivity index (χ0v) is 13.5. The van der Waals surface area contributed by atoms with E-state index in [1.54, 1.807) is 29.3 Å². The Morgan fingerprint density at radius 2 is 2.12 bits per heavy atom. The second kappa shape index (κ2) is 6.46. The van der Waals surface area contributed by atoms with Crippen LogP contribution >= 0.6 is 0 Å². The van der Waals surface area contributed by atoms with Crippen LogP contribution in [0.15, 0.2) is 29.2 Å². The summed E-state index contributed by atoms with van der Waals surface area (Å²) in [5.74, 6) is -1.52. The van der Waals surface area contributed by atoms with Crippen LogP contribution in [-0.2, 0) is 16.1 Å². The average molecular weight is 332 g/mol. The maximum absolute atomic E-state index is 12.5. The molecule has 128 valence electrons. The second-order valence-corrected chi connectivity index (χ2v) is 6.19. The molecule has 1 fully saturated rings. The highest BCUT2D eigenvalue weighted by Gasteiger charge is 2.32. The number of likely N-dealkylation sites (tertiary alicyclic amines) is 1. The van der Waals surface area contributed by atoms with Crippen LogP contribution in [0.1, 0.15) is 26.2 Å². The van der Waals surface area contributed by atoms with Crippen molar-refractivity contribution in [1.29, 1.82) is 0 Å². The molecule has 8 heteroatoms. The Kier molecular flexibility index (Phi) is 4.37. The van der Waals surface area contributed by atoms with Crippen LogP contribution in [0.4, 0.5) is 0 Å². The summed E-state index contributed by atoms with van der Waals surface area (Å²) in [7, 11) is 0. The zero-order chi connectivity index (χ0) is 17.3. The highest BCUT2D eigenvalue weighted by atomic mass is 16.4. The van der Waals surface area contributed by atoms with Gasteiger partial charge in [0.05, 0.1) is 12.5 Å². The standard InChI is InChI=1S/C16H20N4O4/c1-11-5-6-12(15(22)23)10-19(11)14(21)7-9-20-16(24)18-8-3-2-4-13(18)17-20/h2-4,8,11-12H,5-7,9-10H2,1H3,(H,22,23). The van der Waals surface area contributed by atoms with E-state index in [9.17, 15) is 14.4 Å². The Morgan fingerprint density at radius 3 is 2.83 bits per heavy atom. The number of nitrogens with zero attached hydrogens (tertiary/aromatic N) is 4. The molecule has 8 nitrogen and oxygen atoms in total. The van der Waals surface area contributed by atoms with Crippen LogP contribution < -0.4 is 5.69 Å². The third-order valence-corrected chi connectivity index (χ3v) is 4.58. The van der Waals surface area contributed by atoms with Gasteiger partial charge in [0, 0.05) is 25.2 Å². The number of rotatable bonds is 4. The van der Waals surface area contributed by atoms with Gasteiger partial charge in [-0.05, 0) is 31.9 Å². The van der Waals surface area contributed by atoms with Crippen molar-refractivity contribution >= 4 is 17.5 Å². The molecule has 0 saturated carbocycles. The molecule has 1 aliphatic rings. The first-order chi connectivity index (χ1) is 11.5. The lowest BCUT2D eigenvalue weighted by Gasteiger charge is -2.36. The van der Waals surface area contributed by atoms with Gasteiger partial charge in [0.1, 0.15) is 0 Å². The van der Waals surface area contributed by atoms with Gasteiger partial charge in [0.2, 0.25) is 5.91 Å². The van der Waals surface area contributed by atoms with Crippen LogP contribution in [0, 0.1) is 5.92 Å². The van der Waals surface area contributed by atoms with Crippen LogP contribution in [0.25, 0.3) is 5.65 Å². The summed E-state index contributed by atoms with van der Waals surface area (Å²) in [6.45, 7) is 2.34. The first-order valence-electron chi connectivity index (χ1n) is 8.04. The Hall–Kier alpha value is -2.64. The second-order valence-electron chi connectivity index (χ2n) is 6.19. The molecule has 3 heterocycles. The molecular formula is C16H20N4O4. The number of hydrogen-bond donors (Lipinski definition) is 1. The first kappa shape index (κ1) is 16.2. The first-order valence-corrected chi connectivity index (χ1v) is 8.04. The fraction of sp³-hybridized carbons (Fsp3) is 0.500. The molecule has 2 aromatic heterocycles. The summed E-state index contributed by atoms with van der Waals surface area (Å²) in [5, 5.41) is 13.3. The fourth-order valence-corrected chi connectivity index (χ4v) is 3.12. The Bertz CT molecular complexity index is 825. The quantitative estimate of drug-likeness (QED) is 0.884. The highest BCUT2D eigenvalue weighted by Crippen LogP contribution is 2.22. The summed E-state index contributed by atoms with van der Waals surface area (Å²) in [6.07, 6.45) is 3.02. The molecule has 1 saturated heterocycles. The molecular weight excluding hydrogens is 312 g/mol. The summed E-state index contributed by atoms with van der Waals surface area (Å²) in [4.78, 5) is 37.4. The van der Waals surface area contributed by atoms with Crippen molar-refractivity contribution in [2.75, 3.05) is 6.54 Å². The molecule has 2 atom stereocenters. The Morgan fingerprint density at radius 1 is 1.33 bits per heavy atom. The maximum Gasteiger partial charge on any atom is 0.350 e. The zero-order valence-electron chi connectivity index (χ0n) is 13.5. The summed E-state index contributed by atoms with van der Waals surface area (Å²) in [5.41, 5.74) is 0.251. The fourth-order valence-electron chi connectivity index (χ4n) is 3.12. The number of hydrogen-bond acceptors (Lipinski definition) is 4. The predicted octanol–water partition coefficient (Wildman–Crippen LogP) is 0.598. The van der Waals surface area contributed by atoms with Crippen LogP contribution in [0.3, 0.4) is 0 Å². The van der Waals surface area contributed by atoms with Gasteiger partial charge in [-0.25, -0.2) is 9.48 Å². The van der Waals surface area contributed by atoms with E-state index < -0.39 is 11.9 Å². The average Bonchev–Trinajstić information content (AvgIpc) is 2.89. The minimum Gasteiger partial charge on any atom is -0.481 e. The number of piperidine rings is 1. The van der Waals surface area contributed by atoms with Crippen LogP contribution in [-0.4, -0.2) is 48.7 Å². The normalized spacial score (nSPS) is 21.1. The molecule has 0 aromatic carbocycles. The number of amides is 1. The van der Waals surface area contributed by atoms with Crippen molar-refractivity contribution in [1.82, 2.24) is 19.1 Å². The van der Waals surface area contributed by atoms with Crippen molar-refractivity contribution in [2.45, 2.75) is 38.8 Å². The van der Waals surface area contributed by atoms with Crippen molar-refractivity contribution in [3.05, 3.63) is 34.9 Å². The largest absolute Gasteiger partial charge is 0.481 e. The third-order valence-electron chi connectivity index (χ3n) is 4.58. The van der Waals surface area contributed by atoms with E-state index in [1.165, 1.54) is 9.08 Å². The molecule has 24 heavy (non-hydrogen) atoms. The monoisotopic (exact) mass is 332 g/mol. The maximum atomic E-state index is 12.5. The van der Waals surface area contributed by atoms with Gasteiger partial charge in [0.25, 0.3) is 0 Å². The van der Waals surface area contributed by atoms with Gasteiger partial charge in [-0.2, -0.15) is 0 Å². The van der Waals surface area contributed by atoms with E-state index in [0.717, 1.165) is 0 Å². The number of aliphatic carboxylic acids is 1. The summed E-state index contributed by atoms with van der Waals surface area (Å²) in [6, 6.07) is 5.28. The molecule has 1 aliphatic heterocycles. The number of fused-ring (bicyclic) bond motifs is 1. The molecule has 0 spiro atoms. The molecule has 1 N–H and O–H groups in total. The molecule has 0 radical (unpaired) electrons. The number of carbonyl (C=O) groups excluding carboxylic acids is 1. The minimum atomic E-state index is -0.865. The Labute approximate surface area is 138 Å². The third kappa shape index (κ3) is 3.04. The predicted molar refractivity (Wildman–Crippen MR) is 85.6 cm³/mol. The highest BCUT2D eigenvalue weighted by molar-refractivity contribution is 5.78. The van der Waals surface area contributed by atoms with Gasteiger partial charge in [-0.3, -0.25) is 14.0 Å². The van der Waals surface area contributed by atoms with Gasteiger partial charge in [-0.1, -0.05) is 6.07 Å². The lowest BCUT2D eigenvalue weighted by Crippen LogP contribution is -2.47. The van der Waals surface area contributed by atoms with Gasteiger partial charge in [-0.15, -0.1) is 5.10 Å². The molecule has 3 rings (SSSR count). The molecule has 1 amide bonds. The smallest absolute Gasteiger partial charge is 0.350 e. The molecule has 0 aliphatic carbocycles. The van der Waals surface area contributed by atoms with E-state index in [-0.39, 0.29) is 37.1 Å². The number of carboxylic acid groups (broad SMARTS) is 1. The van der Waals surface area contributed by atoms with E-state index in [4.69, 9.17) is 5.11 Å². The summed E-state index contributed by atoms with van der Waals surface area (Å²) < 4.78 is 2.70. The minimum absolute atomic E-state index is 0.0193. The van der Waals surface area contributed by atoms with Gasteiger partial charge >= 0.3 is 11.7 Å². The van der Waals surface area contributed by atoms with Crippen molar-refractivity contribution < 1.29 is 14.7 Å². The number of carbonyl (C=O) groups is 2. The Balaban J connectivity index is 1.69. The lowest BCUT2D eigenvalue weighted by atomic mass is 9.93. The van der Waals surface area contributed by atoms with Crippen LogP contribution in [0.2, 0.25) is 0 Å². The van der Waals surface area contributed by atoms with Crippen molar-refractivity contribution in [2.24, 2.45) is 5.92 Å².